The van der Waals surface area contributed by atoms with Crippen molar-refractivity contribution in [3.05, 3.63) is 12.7 Å². The van der Waals surface area contributed by atoms with E-state index in [1.807, 2.05) is 0 Å². The summed E-state index contributed by atoms with van der Waals surface area (Å²) in [6, 6.07) is 0. The lowest BCUT2D eigenvalue weighted by molar-refractivity contribution is 0.0567. The first-order chi connectivity index (χ1) is 9.91. The first kappa shape index (κ1) is 19.7. The Morgan fingerprint density at radius 2 is 1.15 bits per heavy atom. The molecular weight excluding hydrogens is 248 g/mol. The van der Waals surface area contributed by atoms with E-state index in [-0.39, 0.29) is 0 Å². The Morgan fingerprint density at radius 1 is 0.650 bits per heavy atom. The summed E-state index contributed by atoms with van der Waals surface area (Å²) in [5.41, 5.74) is 0. The quantitative estimate of drug-likeness (QED) is 0.259. The molecule has 0 unspecified atom stereocenters. The average molecular weight is 284 g/mol. The van der Waals surface area contributed by atoms with Crippen molar-refractivity contribution in [2.24, 2.45) is 0 Å². The summed E-state index contributed by atoms with van der Waals surface area (Å²) < 4.78 is 10.8. The lowest BCUT2D eigenvalue weighted by Gasteiger charge is -2.05. The molecule has 120 valence electrons. The Hall–Kier alpha value is -0.340. The van der Waals surface area contributed by atoms with Gasteiger partial charge < -0.3 is 9.47 Å². The molecule has 0 radical (unpaired) electrons. The minimum atomic E-state index is 0.627. The predicted octanol–water partition coefficient (Wildman–Crippen LogP) is 5.52. The summed E-state index contributed by atoms with van der Waals surface area (Å²) in [5, 5.41) is 0. The molecular formula is C18H36O2. The van der Waals surface area contributed by atoms with Gasteiger partial charge in [-0.25, -0.2) is 0 Å². The molecule has 0 aliphatic heterocycles. The minimum Gasteiger partial charge on any atom is -0.379 e. The van der Waals surface area contributed by atoms with Crippen molar-refractivity contribution in [2.75, 3.05) is 26.4 Å². The van der Waals surface area contributed by atoms with E-state index in [4.69, 9.17) is 9.47 Å². The third kappa shape index (κ3) is 17.7. The first-order valence-electron chi connectivity index (χ1n) is 8.68. The summed E-state index contributed by atoms with van der Waals surface area (Å²) in [5.74, 6) is 0. The predicted molar refractivity (Wildman–Crippen MR) is 88.3 cm³/mol. The lowest BCUT2D eigenvalue weighted by atomic mass is 10.1. The van der Waals surface area contributed by atoms with E-state index in [0.717, 1.165) is 6.61 Å². The van der Waals surface area contributed by atoms with E-state index in [1.165, 1.54) is 70.6 Å². The van der Waals surface area contributed by atoms with Crippen LogP contribution in [0.1, 0.15) is 77.6 Å². The molecule has 20 heavy (non-hydrogen) atoms. The Kier molecular flexibility index (Phi) is 18.3. The molecule has 0 spiro atoms. The highest BCUT2D eigenvalue weighted by Crippen LogP contribution is 2.11. The highest BCUT2D eigenvalue weighted by Gasteiger charge is 1.93. The molecule has 2 nitrogen and oxygen atoms in total. The second-order valence-electron chi connectivity index (χ2n) is 5.51. The molecule has 0 amide bonds. The molecule has 0 aromatic rings. The van der Waals surface area contributed by atoms with Crippen LogP contribution >= 0.6 is 0 Å². The summed E-state index contributed by atoms with van der Waals surface area (Å²) in [6.45, 7) is 8.79. The zero-order valence-electron chi connectivity index (χ0n) is 13.7. The number of rotatable bonds is 17. The van der Waals surface area contributed by atoms with Crippen LogP contribution in [0.5, 0.6) is 0 Å². The maximum absolute atomic E-state index is 5.50. The summed E-state index contributed by atoms with van der Waals surface area (Å²) >= 11 is 0. The van der Waals surface area contributed by atoms with E-state index in [9.17, 15) is 0 Å². The zero-order valence-corrected chi connectivity index (χ0v) is 13.7. The normalized spacial score (nSPS) is 10.8. The van der Waals surface area contributed by atoms with Gasteiger partial charge in [0.15, 0.2) is 0 Å². The van der Waals surface area contributed by atoms with Crippen molar-refractivity contribution in [1.29, 1.82) is 0 Å². The van der Waals surface area contributed by atoms with Crippen molar-refractivity contribution < 1.29 is 9.47 Å². The molecule has 0 aromatic carbocycles. The smallest absolute Gasteiger partial charge is 0.0704 e. The second kappa shape index (κ2) is 18.7. The van der Waals surface area contributed by atoms with Gasteiger partial charge >= 0.3 is 0 Å². The molecule has 0 rings (SSSR count). The van der Waals surface area contributed by atoms with Crippen LogP contribution in [0.3, 0.4) is 0 Å². The molecule has 0 heterocycles. The molecule has 0 aliphatic rings. The third-order valence-corrected chi connectivity index (χ3v) is 3.50. The van der Waals surface area contributed by atoms with Crippen LogP contribution in [-0.2, 0) is 9.47 Å². The Labute approximate surface area is 126 Å². The van der Waals surface area contributed by atoms with Crippen LogP contribution < -0.4 is 0 Å². The molecule has 0 saturated carbocycles. The van der Waals surface area contributed by atoms with Gasteiger partial charge in [-0.1, -0.05) is 77.2 Å². The fourth-order valence-corrected chi connectivity index (χ4v) is 2.25. The highest BCUT2D eigenvalue weighted by molar-refractivity contribution is 4.63. The van der Waals surface area contributed by atoms with Gasteiger partial charge in [0.2, 0.25) is 0 Å². The standard InChI is InChI=1S/C18H36O2/c1-3-5-6-7-8-9-10-11-12-13-14-16-20-18-17-19-15-4-2/h4H,2-3,5-18H2,1H3. The van der Waals surface area contributed by atoms with Crippen LogP contribution in [0.15, 0.2) is 12.7 Å². The SMILES string of the molecule is C=CCOCCOCCCCCCCCCCCCC. The van der Waals surface area contributed by atoms with Gasteiger partial charge in [-0.15, -0.1) is 6.58 Å². The third-order valence-electron chi connectivity index (χ3n) is 3.50. The van der Waals surface area contributed by atoms with E-state index >= 15 is 0 Å². The lowest BCUT2D eigenvalue weighted by Crippen LogP contribution is -2.05. The Bertz CT molecular complexity index is 180. The molecule has 0 aromatic heterocycles. The van der Waals surface area contributed by atoms with Crippen LogP contribution in [0.25, 0.3) is 0 Å². The highest BCUT2D eigenvalue weighted by atomic mass is 16.5. The first-order valence-corrected chi connectivity index (χ1v) is 8.68. The fourth-order valence-electron chi connectivity index (χ4n) is 2.25. The molecule has 0 N–H and O–H groups in total. The Balaban J connectivity index is 2.90. The number of hydrogen-bond acceptors (Lipinski definition) is 2. The maximum atomic E-state index is 5.50. The molecule has 2 heteroatoms. The largest absolute Gasteiger partial charge is 0.379 e. The van der Waals surface area contributed by atoms with Gasteiger partial charge in [0.05, 0.1) is 19.8 Å². The van der Waals surface area contributed by atoms with Crippen LogP contribution in [0.2, 0.25) is 0 Å². The van der Waals surface area contributed by atoms with Crippen LogP contribution in [0, 0.1) is 0 Å². The summed E-state index contributed by atoms with van der Waals surface area (Å²) in [4.78, 5) is 0. The van der Waals surface area contributed by atoms with Gasteiger partial charge in [-0.05, 0) is 6.42 Å². The number of hydrogen-bond donors (Lipinski definition) is 0. The van der Waals surface area contributed by atoms with Crippen molar-refractivity contribution in [3.63, 3.8) is 0 Å². The molecule has 0 bridgehead atoms. The Morgan fingerprint density at radius 3 is 1.70 bits per heavy atom. The topological polar surface area (TPSA) is 18.5 Å². The molecule has 0 atom stereocenters. The van der Waals surface area contributed by atoms with Gasteiger partial charge in [-0.3, -0.25) is 0 Å². The van der Waals surface area contributed by atoms with Crippen LogP contribution in [0.4, 0.5) is 0 Å². The molecule has 0 fully saturated rings. The van der Waals surface area contributed by atoms with E-state index < -0.39 is 0 Å². The van der Waals surface area contributed by atoms with Crippen molar-refractivity contribution in [2.45, 2.75) is 77.6 Å². The van der Waals surface area contributed by atoms with E-state index in [0.29, 0.717) is 19.8 Å². The van der Waals surface area contributed by atoms with Crippen molar-refractivity contribution >= 4 is 0 Å². The van der Waals surface area contributed by atoms with Crippen LogP contribution in [-0.4, -0.2) is 26.4 Å². The van der Waals surface area contributed by atoms with Crippen molar-refractivity contribution in [1.82, 2.24) is 0 Å². The van der Waals surface area contributed by atoms with Gasteiger partial charge in [0.25, 0.3) is 0 Å². The monoisotopic (exact) mass is 284 g/mol. The minimum absolute atomic E-state index is 0.627. The second-order valence-corrected chi connectivity index (χ2v) is 5.51. The van der Waals surface area contributed by atoms with Gasteiger partial charge in [0, 0.05) is 6.61 Å². The zero-order chi connectivity index (χ0) is 14.7. The van der Waals surface area contributed by atoms with Gasteiger partial charge in [-0.2, -0.15) is 0 Å². The van der Waals surface area contributed by atoms with Crippen molar-refractivity contribution in [3.8, 4) is 0 Å². The molecule has 0 aliphatic carbocycles. The molecule has 0 saturated heterocycles. The fraction of sp³-hybridized carbons (Fsp3) is 0.889. The maximum Gasteiger partial charge on any atom is 0.0704 e. The van der Waals surface area contributed by atoms with E-state index in [1.54, 1.807) is 6.08 Å². The average Bonchev–Trinajstić information content (AvgIpc) is 2.47. The summed E-state index contributed by atoms with van der Waals surface area (Å²) in [6.07, 6.45) is 17.0. The number of ether oxygens (including phenoxy) is 2. The van der Waals surface area contributed by atoms with E-state index in [2.05, 4.69) is 13.5 Å². The number of unbranched alkanes of at least 4 members (excludes halogenated alkanes) is 10. The van der Waals surface area contributed by atoms with Gasteiger partial charge in [0.1, 0.15) is 0 Å². The summed E-state index contributed by atoms with van der Waals surface area (Å²) in [7, 11) is 0.